The normalized spacial score (nSPS) is 12.1. The van der Waals surface area contributed by atoms with Crippen LogP contribution < -0.4 is 10.2 Å². The Bertz CT molecular complexity index is 597. The van der Waals surface area contributed by atoms with Crippen LogP contribution in [0.4, 0.5) is 11.6 Å². The maximum absolute atomic E-state index is 8.91. The molecule has 0 amide bonds. The van der Waals surface area contributed by atoms with Gasteiger partial charge in [-0.15, -0.1) is 0 Å². The Kier molecular flexibility index (Phi) is 3.85. The van der Waals surface area contributed by atoms with Gasteiger partial charge in [-0.3, -0.25) is 0 Å². The van der Waals surface area contributed by atoms with Crippen molar-refractivity contribution in [3.05, 3.63) is 18.6 Å². The molecule has 1 N–H and O–H groups in total. The Morgan fingerprint density at radius 3 is 3.05 bits per heavy atom. The first-order valence-electron chi connectivity index (χ1n) is 6.34. The van der Waals surface area contributed by atoms with E-state index in [0.717, 1.165) is 23.8 Å². The van der Waals surface area contributed by atoms with Gasteiger partial charge < -0.3 is 14.6 Å². The molecule has 6 nitrogen and oxygen atoms in total. The molecule has 0 aliphatic heterocycles. The number of anilines is 2. The van der Waals surface area contributed by atoms with E-state index in [-0.39, 0.29) is 5.92 Å². The highest BCUT2D eigenvalue weighted by Crippen LogP contribution is 2.20. The van der Waals surface area contributed by atoms with Gasteiger partial charge in [0, 0.05) is 32.5 Å². The third kappa shape index (κ3) is 2.76. The second kappa shape index (κ2) is 5.57. The van der Waals surface area contributed by atoms with Crippen molar-refractivity contribution in [3.8, 4) is 6.07 Å². The summed E-state index contributed by atoms with van der Waals surface area (Å²) >= 11 is 0. The largest absolute Gasteiger partial charge is 0.369 e. The monoisotopic (exact) mass is 258 g/mol. The van der Waals surface area contributed by atoms with Crippen LogP contribution in [-0.2, 0) is 0 Å². The van der Waals surface area contributed by atoms with E-state index < -0.39 is 0 Å². The lowest BCUT2D eigenvalue weighted by Gasteiger charge is -2.20. The molecule has 2 heterocycles. The minimum Gasteiger partial charge on any atom is -0.369 e. The zero-order chi connectivity index (χ0) is 13.8. The van der Waals surface area contributed by atoms with Crippen molar-refractivity contribution in [1.82, 2.24) is 14.4 Å². The number of hydrogen-bond donors (Lipinski definition) is 1. The molecule has 1 atom stereocenters. The zero-order valence-corrected chi connectivity index (χ0v) is 11.5. The lowest BCUT2D eigenvalue weighted by Crippen LogP contribution is -2.25. The molecule has 19 heavy (non-hydrogen) atoms. The number of imidazole rings is 1. The summed E-state index contributed by atoms with van der Waals surface area (Å²) in [4.78, 5) is 10.9. The van der Waals surface area contributed by atoms with Crippen molar-refractivity contribution in [2.45, 2.75) is 13.8 Å². The van der Waals surface area contributed by atoms with Crippen LogP contribution in [0.2, 0.25) is 0 Å². The standard InChI is InChI=1S/C13H18N6/c1-4-15-11-9-19-6-5-16-12(19)13(17-11)18(3)8-10(2)7-14/h5-6,9-10,15H,4,8H2,1-3H3. The summed E-state index contributed by atoms with van der Waals surface area (Å²) in [6.45, 7) is 5.36. The average molecular weight is 258 g/mol. The van der Waals surface area contributed by atoms with E-state index in [0.29, 0.717) is 6.54 Å². The van der Waals surface area contributed by atoms with Crippen molar-refractivity contribution < 1.29 is 0 Å². The average Bonchev–Trinajstić information content (AvgIpc) is 2.86. The third-order valence-electron chi connectivity index (χ3n) is 2.84. The third-order valence-corrected chi connectivity index (χ3v) is 2.84. The molecular formula is C13H18N6. The molecule has 0 saturated heterocycles. The topological polar surface area (TPSA) is 69.2 Å². The predicted octanol–water partition coefficient (Wildman–Crippen LogP) is 1.76. The molecule has 0 bridgehead atoms. The van der Waals surface area contributed by atoms with E-state index in [4.69, 9.17) is 5.26 Å². The van der Waals surface area contributed by atoms with Gasteiger partial charge in [-0.05, 0) is 13.8 Å². The molecular weight excluding hydrogens is 240 g/mol. The summed E-state index contributed by atoms with van der Waals surface area (Å²) in [6, 6.07) is 2.23. The number of hydrogen-bond acceptors (Lipinski definition) is 5. The van der Waals surface area contributed by atoms with E-state index in [9.17, 15) is 0 Å². The molecule has 0 fully saturated rings. The van der Waals surface area contributed by atoms with Crippen molar-refractivity contribution in [3.63, 3.8) is 0 Å². The van der Waals surface area contributed by atoms with E-state index >= 15 is 0 Å². The van der Waals surface area contributed by atoms with Gasteiger partial charge >= 0.3 is 0 Å². The molecule has 2 aromatic rings. The molecule has 2 rings (SSSR count). The first-order valence-corrected chi connectivity index (χ1v) is 6.34. The predicted molar refractivity (Wildman–Crippen MR) is 75.2 cm³/mol. The fourth-order valence-corrected chi connectivity index (χ4v) is 1.98. The second-order valence-corrected chi connectivity index (χ2v) is 4.55. The Hall–Kier alpha value is -2.29. The fraction of sp³-hybridized carbons (Fsp3) is 0.462. The quantitative estimate of drug-likeness (QED) is 0.885. The van der Waals surface area contributed by atoms with Gasteiger partial charge in [-0.1, -0.05) is 0 Å². The molecule has 6 heteroatoms. The molecule has 0 radical (unpaired) electrons. The Morgan fingerprint density at radius 2 is 2.37 bits per heavy atom. The molecule has 0 spiro atoms. The molecule has 2 aromatic heterocycles. The zero-order valence-electron chi connectivity index (χ0n) is 11.5. The van der Waals surface area contributed by atoms with Gasteiger partial charge in [0.2, 0.25) is 0 Å². The van der Waals surface area contributed by atoms with Gasteiger partial charge in [0.1, 0.15) is 5.82 Å². The number of fused-ring (bicyclic) bond motifs is 1. The van der Waals surface area contributed by atoms with E-state index in [1.54, 1.807) is 6.20 Å². The fourth-order valence-electron chi connectivity index (χ4n) is 1.98. The van der Waals surface area contributed by atoms with Gasteiger partial charge in [-0.2, -0.15) is 5.26 Å². The summed E-state index contributed by atoms with van der Waals surface area (Å²) < 4.78 is 1.94. The van der Waals surface area contributed by atoms with E-state index in [1.165, 1.54) is 0 Å². The summed E-state index contributed by atoms with van der Waals surface area (Å²) in [5.41, 5.74) is 0.800. The highest BCUT2D eigenvalue weighted by Gasteiger charge is 2.13. The van der Waals surface area contributed by atoms with Crippen LogP contribution in [0.15, 0.2) is 18.6 Å². The minimum absolute atomic E-state index is 0.0513. The van der Waals surface area contributed by atoms with Gasteiger partial charge in [0.05, 0.1) is 18.2 Å². The van der Waals surface area contributed by atoms with Gasteiger partial charge in [0.25, 0.3) is 0 Å². The van der Waals surface area contributed by atoms with Crippen LogP contribution in [0.25, 0.3) is 5.65 Å². The first kappa shape index (κ1) is 13.1. The molecule has 1 unspecified atom stereocenters. The maximum atomic E-state index is 8.91. The van der Waals surface area contributed by atoms with Crippen LogP contribution in [0.3, 0.4) is 0 Å². The minimum atomic E-state index is -0.0513. The van der Waals surface area contributed by atoms with Crippen LogP contribution in [-0.4, -0.2) is 34.5 Å². The van der Waals surface area contributed by atoms with Crippen LogP contribution in [0, 0.1) is 17.2 Å². The van der Waals surface area contributed by atoms with Crippen molar-refractivity contribution in [2.24, 2.45) is 5.92 Å². The Balaban J connectivity index is 2.39. The molecule has 100 valence electrons. The lowest BCUT2D eigenvalue weighted by molar-refractivity contribution is 0.710. The highest BCUT2D eigenvalue weighted by atomic mass is 15.2. The molecule has 0 aliphatic rings. The second-order valence-electron chi connectivity index (χ2n) is 4.55. The number of nitriles is 1. The van der Waals surface area contributed by atoms with Crippen LogP contribution >= 0.6 is 0 Å². The summed E-state index contributed by atoms with van der Waals surface area (Å²) in [5.74, 6) is 1.54. The van der Waals surface area contributed by atoms with E-state index in [1.807, 2.05) is 42.6 Å². The number of aromatic nitrogens is 3. The maximum Gasteiger partial charge on any atom is 0.180 e. The van der Waals surface area contributed by atoms with E-state index in [2.05, 4.69) is 21.4 Å². The van der Waals surface area contributed by atoms with Crippen LogP contribution in [0.1, 0.15) is 13.8 Å². The smallest absolute Gasteiger partial charge is 0.180 e. The Morgan fingerprint density at radius 1 is 1.58 bits per heavy atom. The first-order chi connectivity index (χ1) is 9.15. The highest BCUT2D eigenvalue weighted by molar-refractivity contribution is 5.66. The summed E-state index contributed by atoms with van der Waals surface area (Å²) in [7, 11) is 1.93. The number of nitrogens with zero attached hydrogens (tertiary/aromatic N) is 5. The summed E-state index contributed by atoms with van der Waals surface area (Å²) in [6.07, 6.45) is 5.55. The van der Waals surface area contributed by atoms with Crippen molar-refractivity contribution in [1.29, 1.82) is 5.26 Å². The molecule has 0 aliphatic carbocycles. The summed E-state index contributed by atoms with van der Waals surface area (Å²) in [5, 5.41) is 12.1. The number of rotatable bonds is 5. The van der Waals surface area contributed by atoms with Gasteiger partial charge in [-0.25, -0.2) is 9.97 Å². The lowest BCUT2D eigenvalue weighted by atomic mass is 10.2. The molecule has 0 saturated carbocycles. The van der Waals surface area contributed by atoms with Gasteiger partial charge in [0.15, 0.2) is 11.5 Å². The van der Waals surface area contributed by atoms with Crippen LogP contribution in [0.5, 0.6) is 0 Å². The van der Waals surface area contributed by atoms with Crippen molar-refractivity contribution in [2.75, 3.05) is 30.4 Å². The number of nitrogens with one attached hydrogen (secondary N) is 1. The van der Waals surface area contributed by atoms with Crippen molar-refractivity contribution >= 4 is 17.3 Å². The molecule has 0 aromatic carbocycles. The Labute approximate surface area is 112 Å². The SMILES string of the molecule is CCNc1cn2ccnc2c(N(C)CC(C)C#N)n1.